The lowest BCUT2D eigenvalue weighted by Crippen LogP contribution is -2.01. The molecule has 5 heteroatoms. The highest BCUT2D eigenvalue weighted by molar-refractivity contribution is 6.42. The van der Waals surface area contributed by atoms with Crippen LogP contribution in [0.3, 0.4) is 0 Å². The summed E-state index contributed by atoms with van der Waals surface area (Å²) in [5.74, 6) is -0.917. The van der Waals surface area contributed by atoms with Gasteiger partial charge in [0.15, 0.2) is 0 Å². The number of carbonyl (C=O) groups excluding carboxylic acids is 1. The van der Waals surface area contributed by atoms with E-state index in [0.29, 0.717) is 12.2 Å². The highest BCUT2D eigenvalue weighted by Crippen LogP contribution is 2.26. The van der Waals surface area contributed by atoms with E-state index in [-0.39, 0.29) is 22.4 Å². The Morgan fingerprint density at radius 1 is 1.47 bits per heavy atom. The fraction of sp³-hybridized carbons (Fsp3) is 0.250. The second-order valence-electron chi connectivity index (χ2n) is 3.21. The summed E-state index contributed by atoms with van der Waals surface area (Å²) in [5.41, 5.74) is 0.543. The van der Waals surface area contributed by atoms with Gasteiger partial charge in [0.25, 0.3) is 0 Å². The first kappa shape index (κ1) is 14.0. The zero-order valence-electron chi connectivity index (χ0n) is 9.17. The van der Waals surface area contributed by atoms with E-state index in [0.717, 1.165) is 0 Å². The smallest absolute Gasteiger partial charge is 0.309 e. The second kappa shape index (κ2) is 6.62. The summed E-state index contributed by atoms with van der Waals surface area (Å²) in [7, 11) is 0. The van der Waals surface area contributed by atoms with Gasteiger partial charge in [-0.1, -0.05) is 35.4 Å². The molecule has 0 spiro atoms. The van der Waals surface area contributed by atoms with Crippen molar-refractivity contribution in [2.75, 3.05) is 6.61 Å². The van der Waals surface area contributed by atoms with E-state index in [1.807, 2.05) is 0 Å². The van der Waals surface area contributed by atoms with Crippen molar-refractivity contribution in [1.82, 2.24) is 0 Å². The van der Waals surface area contributed by atoms with Crippen LogP contribution >= 0.6 is 23.2 Å². The summed E-state index contributed by atoms with van der Waals surface area (Å²) < 4.78 is 17.9. The first-order chi connectivity index (χ1) is 8.04. The molecule has 0 fully saturated rings. The monoisotopic (exact) mass is 276 g/mol. The molecule has 0 N–H and O–H groups in total. The molecule has 92 valence electrons. The highest BCUT2D eigenvalue weighted by Gasteiger charge is 2.05. The Labute approximate surface area is 109 Å². The Morgan fingerprint density at radius 3 is 2.76 bits per heavy atom. The van der Waals surface area contributed by atoms with Crippen molar-refractivity contribution < 1.29 is 13.9 Å². The van der Waals surface area contributed by atoms with Crippen LogP contribution in [0.25, 0.3) is 6.08 Å². The largest absolute Gasteiger partial charge is 0.466 e. The van der Waals surface area contributed by atoms with E-state index < -0.39 is 5.82 Å². The number of halogens is 3. The highest BCUT2D eigenvalue weighted by atomic mass is 35.5. The van der Waals surface area contributed by atoms with Crippen LogP contribution in [0.4, 0.5) is 4.39 Å². The second-order valence-corrected chi connectivity index (χ2v) is 4.00. The minimum absolute atomic E-state index is 0.103. The molecule has 0 heterocycles. The standard InChI is InChI=1S/C12H11Cl2FO2/c1-2-17-11(16)5-3-4-8-6-9(13)12(14)10(15)7-8/h3-4,6-7H,2,5H2,1H3. The van der Waals surface area contributed by atoms with Crippen LogP contribution in [0.5, 0.6) is 0 Å². The van der Waals surface area contributed by atoms with Gasteiger partial charge >= 0.3 is 5.97 Å². The summed E-state index contributed by atoms with van der Waals surface area (Å²) >= 11 is 11.3. The Bertz CT molecular complexity index is 421. The van der Waals surface area contributed by atoms with Gasteiger partial charge < -0.3 is 4.74 Å². The van der Waals surface area contributed by atoms with E-state index in [1.165, 1.54) is 12.1 Å². The zero-order valence-corrected chi connectivity index (χ0v) is 10.7. The number of carbonyl (C=O) groups is 1. The summed E-state index contributed by atoms with van der Waals surface area (Å²) in [5, 5.41) is 0.0386. The van der Waals surface area contributed by atoms with Gasteiger partial charge in [-0.2, -0.15) is 0 Å². The predicted octanol–water partition coefficient (Wildman–Crippen LogP) is 4.10. The van der Waals surface area contributed by atoms with E-state index >= 15 is 0 Å². The molecule has 1 aromatic rings. The molecule has 2 nitrogen and oxygen atoms in total. The Kier molecular flexibility index (Phi) is 5.45. The van der Waals surface area contributed by atoms with Gasteiger partial charge in [0.2, 0.25) is 0 Å². The molecule has 0 saturated carbocycles. The number of hydrogen-bond donors (Lipinski definition) is 0. The maximum Gasteiger partial charge on any atom is 0.309 e. The third-order valence-corrected chi connectivity index (χ3v) is 2.69. The van der Waals surface area contributed by atoms with E-state index in [9.17, 15) is 9.18 Å². The fourth-order valence-electron chi connectivity index (χ4n) is 1.18. The average molecular weight is 277 g/mol. The quantitative estimate of drug-likeness (QED) is 0.611. The summed E-state index contributed by atoms with van der Waals surface area (Å²) in [6, 6.07) is 2.77. The molecule has 0 aliphatic rings. The fourth-order valence-corrected chi connectivity index (χ4v) is 1.51. The molecule has 0 bridgehead atoms. The zero-order chi connectivity index (χ0) is 12.8. The molecule has 17 heavy (non-hydrogen) atoms. The molecule has 0 atom stereocenters. The van der Waals surface area contributed by atoms with E-state index in [4.69, 9.17) is 27.9 Å². The number of esters is 1. The van der Waals surface area contributed by atoms with Crippen LogP contribution < -0.4 is 0 Å². The van der Waals surface area contributed by atoms with Gasteiger partial charge in [0.05, 0.1) is 23.1 Å². The molecule has 1 rings (SSSR count). The lowest BCUT2D eigenvalue weighted by atomic mass is 10.2. The van der Waals surface area contributed by atoms with Crippen LogP contribution in [0.1, 0.15) is 18.9 Å². The van der Waals surface area contributed by atoms with Crippen LogP contribution in [-0.4, -0.2) is 12.6 Å². The van der Waals surface area contributed by atoms with Crippen LogP contribution in [-0.2, 0) is 9.53 Å². The normalized spacial score (nSPS) is 10.8. The van der Waals surface area contributed by atoms with Crippen molar-refractivity contribution in [1.29, 1.82) is 0 Å². The van der Waals surface area contributed by atoms with Gasteiger partial charge in [-0.3, -0.25) is 4.79 Å². The van der Waals surface area contributed by atoms with Gasteiger partial charge in [-0.15, -0.1) is 0 Å². The van der Waals surface area contributed by atoms with Crippen molar-refractivity contribution in [2.24, 2.45) is 0 Å². The van der Waals surface area contributed by atoms with Gasteiger partial charge in [-0.25, -0.2) is 4.39 Å². The molecular weight excluding hydrogens is 266 g/mol. The molecule has 0 unspecified atom stereocenters. The van der Waals surface area contributed by atoms with Gasteiger partial charge in [0.1, 0.15) is 5.82 Å². The number of ether oxygens (including phenoxy) is 1. The number of hydrogen-bond acceptors (Lipinski definition) is 2. The lowest BCUT2D eigenvalue weighted by molar-refractivity contribution is -0.142. The van der Waals surface area contributed by atoms with Gasteiger partial charge in [-0.05, 0) is 24.6 Å². The maximum absolute atomic E-state index is 13.2. The van der Waals surface area contributed by atoms with Crippen molar-refractivity contribution >= 4 is 35.2 Å². The van der Waals surface area contributed by atoms with Crippen molar-refractivity contribution in [2.45, 2.75) is 13.3 Å². The molecule has 0 saturated heterocycles. The first-order valence-electron chi connectivity index (χ1n) is 5.01. The van der Waals surface area contributed by atoms with Crippen molar-refractivity contribution in [3.8, 4) is 0 Å². The molecule has 0 aliphatic carbocycles. The molecule has 0 amide bonds. The predicted molar refractivity (Wildman–Crippen MR) is 66.7 cm³/mol. The lowest BCUT2D eigenvalue weighted by Gasteiger charge is -2.00. The summed E-state index contributed by atoms with van der Waals surface area (Å²) in [6.07, 6.45) is 3.30. The van der Waals surface area contributed by atoms with E-state index in [2.05, 4.69) is 0 Å². The molecule has 1 aromatic carbocycles. The average Bonchev–Trinajstić information content (AvgIpc) is 2.26. The van der Waals surface area contributed by atoms with E-state index in [1.54, 1.807) is 19.1 Å². The topological polar surface area (TPSA) is 26.3 Å². The number of benzene rings is 1. The van der Waals surface area contributed by atoms with Gasteiger partial charge in [0, 0.05) is 0 Å². The van der Waals surface area contributed by atoms with Crippen LogP contribution in [0.2, 0.25) is 10.0 Å². The van der Waals surface area contributed by atoms with Crippen molar-refractivity contribution in [3.63, 3.8) is 0 Å². The summed E-state index contributed by atoms with van der Waals surface area (Å²) in [6.45, 7) is 2.07. The third-order valence-electron chi connectivity index (χ3n) is 1.91. The molecular formula is C12H11Cl2FO2. The third kappa shape index (κ3) is 4.36. The van der Waals surface area contributed by atoms with Crippen LogP contribution in [0.15, 0.2) is 18.2 Å². The van der Waals surface area contributed by atoms with Crippen LogP contribution in [0, 0.1) is 5.82 Å². The molecule has 0 radical (unpaired) electrons. The SMILES string of the molecule is CCOC(=O)CC=Cc1cc(F)c(Cl)c(Cl)c1. The Hall–Kier alpha value is -1.06. The minimum Gasteiger partial charge on any atom is -0.466 e. The molecule has 0 aromatic heterocycles. The van der Waals surface area contributed by atoms with Crippen molar-refractivity contribution in [3.05, 3.63) is 39.6 Å². The minimum atomic E-state index is -0.588. The Balaban J connectivity index is 2.69. The summed E-state index contributed by atoms with van der Waals surface area (Å²) in [4.78, 5) is 11.0. The Morgan fingerprint density at radius 2 is 2.18 bits per heavy atom. The first-order valence-corrected chi connectivity index (χ1v) is 5.77. The number of rotatable bonds is 4. The molecule has 0 aliphatic heterocycles. The maximum atomic E-state index is 13.2.